The minimum absolute atomic E-state index is 0.114. The highest BCUT2D eigenvalue weighted by molar-refractivity contribution is 5.92. The molecule has 0 unspecified atom stereocenters. The third-order valence-corrected chi connectivity index (χ3v) is 3.09. The largest absolute Gasteiger partial charge is 0.465 e. The first-order chi connectivity index (χ1) is 11.7. The molecule has 0 spiro atoms. The quantitative estimate of drug-likeness (QED) is 0.694. The van der Waals surface area contributed by atoms with E-state index >= 15 is 0 Å². The van der Waals surface area contributed by atoms with Crippen molar-refractivity contribution < 1.29 is 19.1 Å². The zero-order valence-corrected chi connectivity index (χ0v) is 13.2. The smallest absolute Gasteiger partial charge is 0.408 e. The van der Waals surface area contributed by atoms with Gasteiger partial charge in [-0.3, -0.25) is 0 Å². The lowest BCUT2D eigenvalue weighted by molar-refractivity contribution is 0.0600. The van der Waals surface area contributed by atoms with Crippen LogP contribution in [0.25, 0.3) is 0 Å². The summed E-state index contributed by atoms with van der Waals surface area (Å²) in [5.74, 6) is 5.17. The fourth-order valence-electron chi connectivity index (χ4n) is 1.91. The molecule has 1 N–H and O–H groups in total. The van der Waals surface area contributed by atoms with Gasteiger partial charge in [-0.2, -0.15) is 0 Å². The zero-order chi connectivity index (χ0) is 17.2. The second-order valence-electron chi connectivity index (χ2n) is 4.75. The summed E-state index contributed by atoms with van der Waals surface area (Å²) in [6.07, 6.45) is -0.547. The van der Waals surface area contributed by atoms with Gasteiger partial charge in [0.1, 0.15) is 6.61 Å². The maximum atomic E-state index is 11.6. The summed E-state index contributed by atoms with van der Waals surface area (Å²) in [6.45, 7) is 0.314. The Balaban J connectivity index is 1.83. The van der Waals surface area contributed by atoms with Crippen molar-refractivity contribution in [2.75, 3.05) is 13.7 Å². The van der Waals surface area contributed by atoms with Crippen molar-refractivity contribution in [1.29, 1.82) is 0 Å². The maximum Gasteiger partial charge on any atom is 0.408 e. The number of hydrogen-bond donors (Lipinski definition) is 1. The Kier molecular flexibility index (Phi) is 6.42. The number of esters is 1. The van der Waals surface area contributed by atoms with E-state index in [1.807, 2.05) is 30.3 Å². The van der Waals surface area contributed by atoms with E-state index < -0.39 is 12.1 Å². The van der Waals surface area contributed by atoms with Gasteiger partial charge in [0.05, 0.1) is 19.2 Å². The highest BCUT2D eigenvalue weighted by atomic mass is 16.5. The van der Waals surface area contributed by atoms with Gasteiger partial charge in [0.15, 0.2) is 0 Å². The van der Waals surface area contributed by atoms with Crippen LogP contribution in [0.15, 0.2) is 54.6 Å². The average molecular weight is 323 g/mol. The van der Waals surface area contributed by atoms with Crippen molar-refractivity contribution in [2.45, 2.75) is 6.61 Å². The molecule has 122 valence electrons. The van der Waals surface area contributed by atoms with Crippen molar-refractivity contribution >= 4 is 12.1 Å². The fourth-order valence-corrected chi connectivity index (χ4v) is 1.91. The van der Waals surface area contributed by atoms with E-state index in [9.17, 15) is 9.59 Å². The third-order valence-electron chi connectivity index (χ3n) is 3.09. The van der Waals surface area contributed by atoms with E-state index in [-0.39, 0.29) is 13.2 Å². The topological polar surface area (TPSA) is 64.6 Å². The number of methoxy groups -OCH3 is 1. The van der Waals surface area contributed by atoms with E-state index in [2.05, 4.69) is 17.2 Å². The minimum atomic E-state index is -0.547. The second-order valence-corrected chi connectivity index (χ2v) is 4.75. The van der Waals surface area contributed by atoms with Gasteiger partial charge < -0.3 is 14.8 Å². The number of rotatable bonds is 4. The van der Waals surface area contributed by atoms with Gasteiger partial charge in [-0.05, 0) is 17.7 Å². The highest BCUT2D eigenvalue weighted by Crippen LogP contribution is 2.08. The lowest BCUT2D eigenvalue weighted by atomic mass is 10.1. The van der Waals surface area contributed by atoms with Gasteiger partial charge in [0.25, 0.3) is 0 Å². The van der Waals surface area contributed by atoms with Crippen molar-refractivity contribution in [1.82, 2.24) is 5.32 Å². The van der Waals surface area contributed by atoms with Gasteiger partial charge in [-0.1, -0.05) is 54.3 Å². The predicted octanol–water partition coefficient (Wildman–Crippen LogP) is 2.75. The molecule has 0 aliphatic carbocycles. The number of carbonyl (C=O) groups excluding carboxylic acids is 2. The minimum Gasteiger partial charge on any atom is -0.465 e. The molecule has 2 aromatic rings. The molecular formula is C19H17NO4. The molecule has 5 nitrogen and oxygen atoms in total. The number of nitrogens with one attached hydrogen (secondary N) is 1. The number of carbonyl (C=O) groups is 2. The van der Waals surface area contributed by atoms with Crippen molar-refractivity contribution in [3.63, 3.8) is 0 Å². The van der Waals surface area contributed by atoms with Crippen LogP contribution in [-0.2, 0) is 16.1 Å². The molecular weight excluding hydrogens is 306 g/mol. The van der Waals surface area contributed by atoms with Gasteiger partial charge in [-0.15, -0.1) is 0 Å². The molecule has 0 saturated carbocycles. The van der Waals surface area contributed by atoms with E-state index in [1.165, 1.54) is 7.11 Å². The van der Waals surface area contributed by atoms with Gasteiger partial charge >= 0.3 is 12.1 Å². The molecule has 2 rings (SSSR count). The Morgan fingerprint density at radius 2 is 1.75 bits per heavy atom. The number of benzene rings is 2. The molecule has 0 radical (unpaired) electrons. The van der Waals surface area contributed by atoms with Gasteiger partial charge in [-0.25, -0.2) is 9.59 Å². The summed E-state index contributed by atoms with van der Waals surface area (Å²) < 4.78 is 9.77. The first-order valence-electron chi connectivity index (χ1n) is 7.31. The summed E-state index contributed by atoms with van der Waals surface area (Å²) in [5.41, 5.74) is 1.84. The molecule has 5 heteroatoms. The summed E-state index contributed by atoms with van der Waals surface area (Å²) >= 11 is 0. The van der Waals surface area contributed by atoms with Crippen LogP contribution in [-0.4, -0.2) is 25.7 Å². The Morgan fingerprint density at radius 1 is 1.04 bits per heavy atom. The van der Waals surface area contributed by atoms with Gasteiger partial charge in [0, 0.05) is 5.56 Å². The van der Waals surface area contributed by atoms with Crippen LogP contribution in [0, 0.1) is 11.8 Å². The standard InChI is InChI=1S/C19H17NO4/c1-23-18(21)17-12-6-5-10-16(17)11-7-13-20-19(22)24-14-15-8-3-2-4-9-15/h2-6,8-10,12H,13-14H2,1H3,(H,20,22). The number of hydrogen-bond acceptors (Lipinski definition) is 4. The van der Waals surface area contributed by atoms with Crippen LogP contribution in [0.4, 0.5) is 4.79 Å². The van der Waals surface area contributed by atoms with Gasteiger partial charge in [0.2, 0.25) is 0 Å². The third kappa shape index (κ3) is 5.18. The fraction of sp³-hybridized carbons (Fsp3) is 0.158. The Morgan fingerprint density at radius 3 is 2.50 bits per heavy atom. The van der Waals surface area contributed by atoms with Crippen LogP contribution < -0.4 is 5.32 Å². The molecule has 0 heterocycles. The lowest BCUT2D eigenvalue weighted by Gasteiger charge is -2.04. The molecule has 24 heavy (non-hydrogen) atoms. The van der Waals surface area contributed by atoms with E-state index in [0.717, 1.165) is 5.56 Å². The number of ether oxygens (including phenoxy) is 2. The lowest BCUT2D eigenvalue weighted by Crippen LogP contribution is -2.24. The maximum absolute atomic E-state index is 11.6. The van der Waals surface area contributed by atoms with Crippen molar-refractivity contribution in [2.24, 2.45) is 0 Å². The summed E-state index contributed by atoms with van der Waals surface area (Å²) in [6, 6.07) is 16.2. The Bertz CT molecular complexity index is 760. The van der Waals surface area contributed by atoms with E-state index in [4.69, 9.17) is 9.47 Å². The first kappa shape index (κ1) is 17.1. The normalized spacial score (nSPS) is 9.38. The van der Waals surface area contributed by atoms with Crippen molar-refractivity contribution in [3.05, 3.63) is 71.3 Å². The summed E-state index contributed by atoms with van der Waals surface area (Å²) in [7, 11) is 1.32. The second kappa shape index (κ2) is 9.01. The predicted molar refractivity (Wildman–Crippen MR) is 89.3 cm³/mol. The molecule has 0 bridgehead atoms. The Labute approximate surface area is 140 Å². The van der Waals surface area contributed by atoms with Crippen molar-refractivity contribution in [3.8, 4) is 11.8 Å². The van der Waals surface area contributed by atoms with Crippen LogP contribution in [0.2, 0.25) is 0 Å². The van der Waals surface area contributed by atoms with E-state index in [0.29, 0.717) is 11.1 Å². The molecule has 0 aromatic heterocycles. The van der Waals surface area contributed by atoms with Crippen LogP contribution in [0.5, 0.6) is 0 Å². The average Bonchev–Trinajstić information content (AvgIpc) is 2.64. The number of alkyl carbamates (subject to hydrolysis) is 1. The SMILES string of the molecule is COC(=O)c1ccccc1C#CCNC(=O)OCc1ccccc1. The highest BCUT2D eigenvalue weighted by Gasteiger charge is 2.08. The Hall–Kier alpha value is -3.26. The molecule has 0 aliphatic heterocycles. The molecule has 0 saturated heterocycles. The van der Waals surface area contributed by atoms with E-state index in [1.54, 1.807) is 24.3 Å². The summed E-state index contributed by atoms with van der Waals surface area (Å²) in [5, 5.41) is 2.53. The first-order valence-corrected chi connectivity index (χ1v) is 7.31. The molecule has 2 aromatic carbocycles. The molecule has 0 fully saturated rings. The molecule has 0 aliphatic rings. The van der Waals surface area contributed by atoms with Crippen LogP contribution in [0.1, 0.15) is 21.5 Å². The summed E-state index contributed by atoms with van der Waals surface area (Å²) in [4.78, 5) is 23.2. The molecule has 1 amide bonds. The van der Waals surface area contributed by atoms with Crippen LogP contribution in [0.3, 0.4) is 0 Å². The zero-order valence-electron chi connectivity index (χ0n) is 13.2. The number of amides is 1. The van der Waals surface area contributed by atoms with Crippen LogP contribution >= 0.6 is 0 Å². The molecule has 0 atom stereocenters. The monoisotopic (exact) mass is 323 g/mol.